The standard InChI is InChI=1S/C15H34O3Si/c1-11(9-14(17)12(2)10-16)13(3)18-19(7,8)15(4,5)6/h11-14,16-17H,9-10H2,1-8H3/t11-,12-,13-,14+/m0/s1. The average Bonchev–Trinajstić information content (AvgIpc) is 2.25. The monoisotopic (exact) mass is 290 g/mol. The van der Waals surface area contributed by atoms with Crippen molar-refractivity contribution in [3.8, 4) is 0 Å². The highest BCUT2D eigenvalue weighted by atomic mass is 28.4. The van der Waals surface area contributed by atoms with E-state index in [1.54, 1.807) is 0 Å². The van der Waals surface area contributed by atoms with Gasteiger partial charge in [-0.25, -0.2) is 0 Å². The summed E-state index contributed by atoms with van der Waals surface area (Å²) in [5.74, 6) is 0.223. The van der Waals surface area contributed by atoms with Gasteiger partial charge in [-0.2, -0.15) is 0 Å². The molecule has 0 aromatic rings. The van der Waals surface area contributed by atoms with Crippen molar-refractivity contribution in [1.82, 2.24) is 0 Å². The summed E-state index contributed by atoms with van der Waals surface area (Å²) in [5, 5.41) is 19.3. The number of hydrogen-bond acceptors (Lipinski definition) is 3. The Hall–Kier alpha value is 0.0969. The molecule has 0 amide bonds. The summed E-state index contributed by atoms with van der Waals surface area (Å²) < 4.78 is 6.34. The van der Waals surface area contributed by atoms with Crippen molar-refractivity contribution in [2.24, 2.45) is 11.8 Å². The minimum Gasteiger partial charge on any atom is -0.414 e. The van der Waals surface area contributed by atoms with Crippen LogP contribution in [0, 0.1) is 11.8 Å². The molecule has 4 atom stereocenters. The molecule has 0 unspecified atom stereocenters. The average molecular weight is 291 g/mol. The number of rotatable bonds is 7. The summed E-state index contributed by atoms with van der Waals surface area (Å²) >= 11 is 0. The van der Waals surface area contributed by atoms with Crippen LogP contribution in [-0.4, -0.2) is 37.3 Å². The first kappa shape index (κ1) is 19.1. The predicted molar refractivity (Wildman–Crippen MR) is 83.8 cm³/mol. The van der Waals surface area contributed by atoms with E-state index in [9.17, 15) is 5.11 Å². The van der Waals surface area contributed by atoms with Gasteiger partial charge in [-0.3, -0.25) is 0 Å². The molecule has 0 radical (unpaired) electrons. The Morgan fingerprint density at radius 1 is 1.05 bits per heavy atom. The zero-order valence-electron chi connectivity index (χ0n) is 14.0. The van der Waals surface area contributed by atoms with Crippen LogP contribution in [0.5, 0.6) is 0 Å². The normalized spacial score (nSPS) is 19.9. The van der Waals surface area contributed by atoms with E-state index in [1.165, 1.54) is 0 Å². The molecular weight excluding hydrogens is 256 g/mol. The van der Waals surface area contributed by atoms with E-state index in [1.807, 2.05) is 6.92 Å². The van der Waals surface area contributed by atoms with E-state index in [-0.39, 0.29) is 29.6 Å². The summed E-state index contributed by atoms with van der Waals surface area (Å²) in [6.45, 7) is 17.3. The van der Waals surface area contributed by atoms with Crippen LogP contribution in [0.25, 0.3) is 0 Å². The van der Waals surface area contributed by atoms with Gasteiger partial charge >= 0.3 is 0 Å². The SMILES string of the molecule is C[C@H](O[Si](C)(C)C(C)(C)C)[C@@H](C)C[C@@H](O)[C@@H](C)CO. The van der Waals surface area contributed by atoms with Crippen molar-refractivity contribution in [2.75, 3.05) is 6.61 Å². The molecule has 0 spiro atoms. The van der Waals surface area contributed by atoms with Crippen LogP contribution in [0.3, 0.4) is 0 Å². The quantitative estimate of drug-likeness (QED) is 0.706. The van der Waals surface area contributed by atoms with Crippen molar-refractivity contribution < 1.29 is 14.6 Å². The van der Waals surface area contributed by atoms with Gasteiger partial charge in [0.15, 0.2) is 8.32 Å². The second-order valence-corrected chi connectivity index (χ2v) is 12.3. The molecule has 0 aliphatic heterocycles. The minimum atomic E-state index is -1.75. The molecule has 0 aliphatic rings. The molecule has 0 aromatic heterocycles. The van der Waals surface area contributed by atoms with Crippen LogP contribution in [0.1, 0.15) is 48.0 Å². The number of aliphatic hydroxyl groups excluding tert-OH is 2. The Balaban J connectivity index is 4.47. The molecule has 4 heteroatoms. The Morgan fingerprint density at radius 2 is 1.53 bits per heavy atom. The summed E-state index contributed by atoms with van der Waals surface area (Å²) in [4.78, 5) is 0. The third kappa shape index (κ3) is 5.94. The molecule has 0 rings (SSSR count). The van der Waals surface area contributed by atoms with Crippen LogP contribution < -0.4 is 0 Å². The molecule has 2 N–H and O–H groups in total. The lowest BCUT2D eigenvalue weighted by molar-refractivity contribution is 0.0364. The highest BCUT2D eigenvalue weighted by Gasteiger charge is 2.39. The molecule has 0 aliphatic carbocycles. The van der Waals surface area contributed by atoms with Gasteiger partial charge in [0.1, 0.15) is 0 Å². The second kappa shape index (κ2) is 7.20. The third-order valence-electron chi connectivity index (χ3n) is 4.65. The van der Waals surface area contributed by atoms with Crippen molar-refractivity contribution in [2.45, 2.75) is 78.3 Å². The highest BCUT2D eigenvalue weighted by molar-refractivity contribution is 6.74. The lowest BCUT2D eigenvalue weighted by Gasteiger charge is -2.40. The molecule has 0 fully saturated rings. The third-order valence-corrected chi connectivity index (χ3v) is 9.22. The second-order valence-electron chi connectivity index (χ2n) is 7.52. The number of hydrogen-bond donors (Lipinski definition) is 2. The van der Waals surface area contributed by atoms with E-state index in [0.29, 0.717) is 6.42 Å². The van der Waals surface area contributed by atoms with Gasteiger partial charge in [0.05, 0.1) is 6.10 Å². The summed E-state index contributed by atoms with van der Waals surface area (Å²) in [6, 6.07) is 0. The molecular formula is C15H34O3Si. The van der Waals surface area contributed by atoms with Crippen LogP contribution in [0.2, 0.25) is 18.1 Å². The summed E-state index contributed by atoms with van der Waals surface area (Å²) in [7, 11) is -1.75. The van der Waals surface area contributed by atoms with Gasteiger partial charge in [0, 0.05) is 18.6 Å². The molecule has 0 heterocycles. The molecule has 0 aromatic carbocycles. The maximum absolute atomic E-state index is 9.99. The molecule has 0 bridgehead atoms. The smallest absolute Gasteiger partial charge is 0.192 e. The topological polar surface area (TPSA) is 49.7 Å². The van der Waals surface area contributed by atoms with Crippen LogP contribution in [0.15, 0.2) is 0 Å². The maximum Gasteiger partial charge on any atom is 0.192 e. The first-order valence-electron chi connectivity index (χ1n) is 7.39. The van der Waals surface area contributed by atoms with E-state index >= 15 is 0 Å². The molecule has 19 heavy (non-hydrogen) atoms. The van der Waals surface area contributed by atoms with E-state index in [2.05, 4.69) is 47.7 Å². The summed E-state index contributed by atoms with van der Waals surface area (Å²) in [5.41, 5.74) is 0. The van der Waals surface area contributed by atoms with Crippen molar-refractivity contribution in [3.05, 3.63) is 0 Å². The fourth-order valence-corrected chi connectivity index (χ4v) is 3.20. The molecule has 116 valence electrons. The fourth-order valence-electron chi connectivity index (χ4n) is 1.68. The van der Waals surface area contributed by atoms with E-state index in [4.69, 9.17) is 9.53 Å². The molecule has 3 nitrogen and oxygen atoms in total. The predicted octanol–water partition coefficient (Wildman–Crippen LogP) is 3.41. The molecule has 0 saturated carbocycles. The van der Waals surface area contributed by atoms with Gasteiger partial charge in [-0.05, 0) is 37.4 Å². The Morgan fingerprint density at radius 3 is 1.89 bits per heavy atom. The van der Waals surface area contributed by atoms with Gasteiger partial charge in [0.25, 0.3) is 0 Å². The van der Waals surface area contributed by atoms with Gasteiger partial charge in [0.2, 0.25) is 0 Å². The van der Waals surface area contributed by atoms with Crippen LogP contribution >= 0.6 is 0 Å². The van der Waals surface area contributed by atoms with E-state index < -0.39 is 14.4 Å². The van der Waals surface area contributed by atoms with Crippen molar-refractivity contribution >= 4 is 8.32 Å². The Labute approximate surface area is 120 Å². The first-order chi connectivity index (χ1) is 8.42. The van der Waals surface area contributed by atoms with E-state index in [0.717, 1.165) is 0 Å². The van der Waals surface area contributed by atoms with Gasteiger partial charge < -0.3 is 14.6 Å². The van der Waals surface area contributed by atoms with Crippen molar-refractivity contribution in [1.29, 1.82) is 0 Å². The highest BCUT2D eigenvalue weighted by Crippen LogP contribution is 2.38. The summed E-state index contributed by atoms with van der Waals surface area (Å²) in [6.07, 6.45) is 0.365. The zero-order valence-corrected chi connectivity index (χ0v) is 15.0. The molecule has 0 saturated heterocycles. The Bertz CT molecular complexity index is 261. The maximum atomic E-state index is 9.99. The number of aliphatic hydroxyl groups is 2. The lowest BCUT2D eigenvalue weighted by Crippen LogP contribution is -2.45. The van der Waals surface area contributed by atoms with Crippen LogP contribution in [0.4, 0.5) is 0 Å². The minimum absolute atomic E-state index is 0.0331. The van der Waals surface area contributed by atoms with Crippen LogP contribution in [-0.2, 0) is 4.43 Å². The Kier molecular flexibility index (Phi) is 7.24. The van der Waals surface area contributed by atoms with Gasteiger partial charge in [-0.1, -0.05) is 34.6 Å². The van der Waals surface area contributed by atoms with Gasteiger partial charge in [-0.15, -0.1) is 0 Å². The van der Waals surface area contributed by atoms with Crippen molar-refractivity contribution in [3.63, 3.8) is 0 Å². The lowest BCUT2D eigenvalue weighted by atomic mass is 9.92. The fraction of sp³-hybridized carbons (Fsp3) is 1.00. The largest absolute Gasteiger partial charge is 0.414 e. The first-order valence-corrected chi connectivity index (χ1v) is 10.3. The zero-order chi connectivity index (χ0) is 15.4.